The number of aromatic nitrogens is 8. The van der Waals surface area contributed by atoms with Crippen molar-refractivity contribution in [3.8, 4) is 0 Å². The fourth-order valence-corrected chi connectivity index (χ4v) is 11.8. The van der Waals surface area contributed by atoms with E-state index in [4.69, 9.17) is 51.4 Å². The molecule has 4 aliphatic rings. The Morgan fingerprint density at radius 2 is 1.13 bits per heavy atom. The van der Waals surface area contributed by atoms with Crippen molar-refractivity contribution in [3.63, 3.8) is 0 Å². The van der Waals surface area contributed by atoms with Gasteiger partial charge in [-0.2, -0.15) is 23.4 Å². The molecule has 4 fully saturated rings. The molecule has 0 unspecified atom stereocenters. The van der Waals surface area contributed by atoms with E-state index in [-0.39, 0.29) is 36.2 Å². The van der Waals surface area contributed by atoms with Crippen molar-refractivity contribution in [1.29, 1.82) is 0 Å². The first-order valence-electron chi connectivity index (χ1n) is 24.2. The monoisotopic (exact) mass is 1060 g/mol. The summed E-state index contributed by atoms with van der Waals surface area (Å²) in [5.74, 6) is 3.44. The van der Waals surface area contributed by atoms with E-state index in [1.807, 2.05) is 17.9 Å². The molecule has 380 valence electrons. The molecule has 4 aliphatic heterocycles. The number of fused-ring (bicyclic) bond motifs is 2. The number of alkyl halides is 3. The SMILES string of the molecule is CC(=O)c1nn([C@H](C)c2ccc(Cl)cc2Cl)c2nc(N3CC([C@H]4CCCN(CCO)C4)C3)cnc12.C[C@H](c1ccc(Cl)cc1Cl)n1nc(C(F)(F)F)c2ncc(N3CC([C@@H]4CCCN(CCO)C4)C3)nc21. The average molecular weight is 1060 g/mol. The van der Waals surface area contributed by atoms with Crippen LogP contribution in [0.1, 0.15) is 85.8 Å². The molecule has 2 aromatic carbocycles. The summed E-state index contributed by atoms with van der Waals surface area (Å²) >= 11 is 24.9. The molecule has 8 heterocycles. The number of aliphatic hydroxyl groups is 2. The molecule has 0 amide bonds. The summed E-state index contributed by atoms with van der Waals surface area (Å²) < 4.78 is 44.4. The first kappa shape index (κ1) is 51.5. The van der Waals surface area contributed by atoms with Gasteiger partial charge in [0.15, 0.2) is 28.5 Å². The smallest absolute Gasteiger partial charge is 0.395 e. The number of carbonyl (C=O) groups excluding carboxylic acids is 1. The Morgan fingerprint density at radius 3 is 1.56 bits per heavy atom. The van der Waals surface area contributed by atoms with E-state index in [9.17, 15) is 28.2 Å². The maximum Gasteiger partial charge on any atom is 0.437 e. The minimum Gasteiger partial charge on any atom is -0.395 e. The van der Waals surface area contributed by atoms with Gasteiger partial charge in [0.1, 0.15) is 22.7 Å². The zero-order chi connectivity index (χ0) is 50.3. The molecule has 0 bridgehead atoms. The van der Waals surface area contributed by atoms with Crippen molar-refractivity contribution < 1.29 is 28.2 Å². The van der Waals surface area contributed by atoms with Gasteiger partial charge in [0.2, 0.25) is 0 Å². The van der Waals surface area contributed by atoms with Crippen molar-refractivity contribution in [2.45, 2.75) is 64.7 Å². The Kier molecular flexibility index (Phi) is 15.7. The summed E-state index contributed by atoms with van der Waals surface area (Å²) in [4.78, 5) is 39.5. The highest BCUT2D eigenvalue weighted by atomic mass is 35.5. The third kappa shape index (κ3) is 11.0. The number of ketones is 1. The summed E-state index contributed by atoms with van der Waals surface area (Å²) in [7, 11) is 0. The second-order valence-electron chi connectivity index (χ2n) is 19.3. The number of hydrogen-bond donors (Lipinski definition) is 2. The van der Waals surface area contributed by atoms with Crippen molar-refractivity contribution in [2.75, 3.05) is 88.5 Å². The quantitative estimate of drug-likeness (QED) is 0.106. The predicted octanol–water partition coefficient (Wildman–Crippen LogP) is 8.99. The van der Waals surface area contributed by atoms with E-state index in [2.05, 4.69) is 39.8 Å². The van der Waals surface area contributed by atoms with E-state index in [0.717, 1.165) is 83.1 Å². The highest BCUT2D eigenvalue weighted by Gasteiger charge is 2.41. The van der Waals surface area contributed by atoms with Crippen LogP contribution in [0.15, 0.2) is 48.8 Å². The number of Topliss-reactive ketones (excluding diaryl/α,β-unsaturated/α-hetero) is 1. The van der Waals surface area contributed by atoms with Crippen molar-refractivity contribution in [1.82, 2.24) is 49.3 Å². The first-order chi connectivity index (χ1) is 34.0. The third-order valence-electron chi connectivity index (χ3n) is 14.7. The van der Waals surface area contributed by atoms with E-state index in [1.54, 1.807) is 48.1 Å². The van der Waals surface area contributed by atoms with Gasteiger partial charge in [-0.3, -0.25) is 4.79 Å². The fraction of sp³-hybridized carbons (Fsp3) is 0.531. The summed E-state index contributed by atoms with van der Waals surface area (Å²) in [6.07, 6.45) is 3.15. The van der Waals surface area contributed by atoms with E-state index >= 15 is 0 Å². The summed E-state index contributed by atoms with van der Waals surface area (Å²) in [6.45, 7) is 14.5. The predicted molar refractivity (Wildman–Crippen MR) is 270 cm³/mol. The number of benzene rings is 2. The fourth-order valence-electron chi connectivity index (χ4n) is 10.7. The van der Waals surface area contributed by atoms with Crippen LogP contribution < -0.4 is 9.80 Å². The Morgan fingerprint density at radius 1 is 0.676 bits per heavy atom. The van der Waals surface area contributed by atoms with Crippen LogP contribution in [0.2, 0.25) is 20.1 Å². The molecular weight excluding hydrogens is 1000 g/mol. The van der Waals surface area contributed by atoms with E-state index < -0.39 is 17.9 Å². The molecular formula is C49H57Cl4F3N12O3. The lowest BCUT2D eigenvalue weighted by Crippen LogP contribution is -2.54. The Bertz CT molecular complexity index is 2870. The second-order valence-corrected chi connectivity index (χ2v) is 21.0. The zero-order valence-electron chi connectivity index (χ0n) is 39.7. The molecule has 10 rings (SSSR count). The van der Waals surface area contributed by atoms with Gasteiger partial charge in [-0.15, -0.1) is 0 Å². The third-order valence-corrected chi connectivity index (χ3v) is 15.8. The maximum absolute atomic E-state index is 13.8. The van der Waals surface area contributed by atoms with Crippen molar-refractivity contribution in [3.05, 3.63) is 91.4 Å². The topological polar surface area (TPSA) is 158 Å². The van der Waals surface area contributed by atoms with Gasteiger partial charge in [0, 0.05) is 79.4 Å². The molecule has 22 heteroatoms. The molecule has 4 atom stereocenters. The number of β-amino-alcohol motifs (C(OH)–C–C–N with tert-alkyl or cyclic N) is 2. The molecule has 0 spiro atoms. The Hall–Kier alpha value is -4.40. The van der Waals surface area contributed by atoms with Crippen molar-refractivity contribution >= 4 is 86.2 Å². The number of halogens is 7. The summed E-state index contributed by atoms with van der Waals surface area (Å²) in [6, 6.07) is 9.36. The largest absolute Gasteiger partial charge is 0.437 e. The lowest BCUT2D eigenvalue weighted by atomic mass is 9.80. The number of nitrogens with zero attached hydrogens (tertiary/aromatic N) is 12. The van der Waals surface area contributed by atoms with Gasteiger partial charge in [-0.25, -0.2) is 29.3 Å². The first-order valence-corrected chi connectivity index (χ1v) is 25.7. The van der Waals surface area contributed by atoms with Crippen LogP contribution in [0.25, 0.3) is 22.3 Å². The zero-order valence-corrected chi connectivity index (χ0v) is 42.7. The number of piperidine rings is 2. The van der Waals surface area contributed by atoms with Gasteiger partial charge in [0.05, 0.1) is 37.7 Å². The number of aliphatic hydroxyl groups excluding tert-OH is 2. The number of anilines is 2. The molecule has 15 nitrogen and oxygen atoms in total. The normalized spacial score (nSPS) is 20.5. The van der Waals surface area contributed by atoms with Gasteiger partial charge < -0.3 is 29.8 Å². The summed E-state index contributed by atoms with van der Waals surface area (Å²) in [5.41, 5.74) is 1.52. The maximum atomic E-state index is 13.8. The molecule has 71 heavy (non-hydrogen) atoms. The number of likely N-dealkylation sites (tertiary alicyclic amines) is 2. The van der Waals surface area contributed by atoms with Crippen LogP contribution in [0.3, 0.4) is 0 Å². The van der Waals surface area contributed by atoms with E-state index in [1.165, 1.54) is 30.6 Å². The Balaban J connectivity index is 0.000000176. The second kappa shape index (κ2) is 21.6. The van der Waals surface area contributed by atoms with Crippen LogP contribution in [0, 0.1) is 23.7 Å². The van der Waals surface area contributed by atoms with E-state index in [0.29, 0.717) is 78.5 Å². The molecule has 6 aromatic rings. The highest BCUT2D eigenvalue weighted by molar-refractivity contribution is 6.35. The van der Waals surface area contributed by atoms with Crippen LogP contribution in [0.5, 0.6) is 0 Å². The minimum atomic E-state index is -4.67. The van der Waals surface area contributed by atoms with Crippen LogP contribution in [-0.4, -0.2) is 144 Å². The standard InChI is InChI=1S/C25H30Cl2N6O2.C24H27Cl2F3N6O/c1-15(20-6-5-19(26)10-21(20)27)33-25-24(23(30-33)16(2)35)28-11-22(29-25)32-13-18(14-32)17-4-3-7-31(12-17)8-9-34;1-14(18-5-4-17(25)9-19(18)26)35-23-21(22(32-35)24(27,28)29)30-10-20(31-23)34-12-16(13-34)15-3-2-6-33(11-15)7-8-36/h5-6,10-11,15,17-18,34H,3-4,7-9,12-14H2,1-2H3;4-5,9-10,14-16,36H,2-3,6-8,11-13H2,1H3/t15-,17+;14-,15-/m11/s1. The van der Waals surface area contributed by atoms with Crippen LogP contribution >= 0.6 is 46.4 Å². The number of rotatable bonds is 13. The minimum absolute atomic E-state index is 0.0635. The van der Waals surface area contributed by atoms with Crippen LogP contribution in [0.4, 0.5) is 24.8 Å². The lowest BCUT2D eigenvalue weighted by molar-refractivity contribution is -0.140. The van der Waals surface area contributed by atoms with Gasteiger partial charge >= 0.3 is 6.18 Å². The molecule has 4 saturated heterocycles. The molecule has 0 radical (unpaired) electrons. The summed E-state index contributed by atoms with van der Waals surface area (Å²) in [5, 5.41) is 28.9. The van der Waals surface area contributed by atoms with Gasteiger partial charge in [-0.1, -0.05) is 58.5 Å². The molecule has 2 N–H and O–H groups in total. The van der Waals surface area contributed by atoms with Gasteiger partial charge in [0.25, 0.3) is 0 Å². The molecule has 0 saturated carbocycles. The number of carbonyl (C=O) groups is 1. The average Bonchev–Trinajstić information content (AvgIpc) is 3.88. The lowest BCUT2D eigenvalue weighted by Gasteiger charge is -2.47. The van der Waals surface area contributed by atoms with Gasteiger partial charge in [-0.05, 0) is 112 Å². The Labute approximate surface area is 429 Å². The highest BCUT2D eigenvalue weighted by Crippen LogP contribution is 2.40. The van der Waals surface area contributed by atoms with Crippen molar-refractivity contribution in [2.24, 2.45) is 23.7 Å². The number of hydrogen-bond acceptors (Lipinski definition) is 13. The molecule has 0 aliphatic carbocycles. The van der Waals surface area contributed by atoms with Crippen LogP contribution in [-0.2, 0) is 6.18 Å². The molecule has 4 aromatic heterocycles.